The molecule has 0 amide bonds. The summed E-state index contributed by atoms with van der Waals surface area (Å²) in [6.07, 6.45) is 4.02. The predicted octanol–water partition coefficient (Wildman–Crippen LogP) is 3.31. The van der Waals surface area contributed by atoms with Gasteiger partial charge in [-0.3, -0.25) is 0 Å². The highest BCUT2D eigenvalue weighted by Crippen LogP contribution is 2.36. The van der Waals surface area contributed by atoms with Gasteiger partial charge in [0, 0.05) is 22.5 Å². The molecule has 90 valence electrons. The van der Waals surface area contributed by atoms with Crippen LogP contribution < -0.4 is 0 Å². The third kappa shape index (κ3) is 1.69. The largest absolute Gasteiger partial charge is 0.388 e. The summed E-state index contributed by atoms with van der Waals surface area (Å²) in [4.78, 5) is 0. The van der Waals surface area contributed by atoms with E-state index in [1.807, 2.05) is 0 Å². The molecule has 2 rings (SSSR count). The lowest BCUT2D eigenvalue weighted by Gasteiger charge is -2.32. The minimum absolute atomic E-state index is 0.161. The van der Waals surface area contributed by atoms with Gasteiger partial charge in [-0.1, -0.05) is 6.92 Å². The summed E-state index contributed by atoms with van der Waals surface area (Å²) in [6.45, 7) is 8.94. The first-order valence-corrected chi connectivity index (χ1v) is 6.37. The average Bonchev–Trinajstić information content (AvgIpc) is 2.57. The summed E-state index contributed by atoms with van der Waals surface area (Å²) in [6, 6.07) is 2.18. The average molecular weight is 221 g/mol. The van der Waals surface area contributed by atoms with Crippen molar-refractivity contribution in [1.29, 1.82) is 0 Å². The molecule has 0 fully saturated rings. The minimum Gasteiger partial charge on any atom is -0.388 e. The predicted molar refractivity (Wildman–Crippen MR) is 66.7 cm³/mol. The number of rotatable bonds is 2. The van der Waals surface area contributed by atoms with Crippen LogP contribution in [0.1, 0.15) is 63.1 Å². The molecule has 1 unspecified atom stereocenters. The third-order valence-corrected chi connectivity index (χ3v) is 4.04. The molecule has 0 saturated carbocycles. The molecule has 16 heavy (non-hydrogen) atoms. The van der Waals surface area contributed by atoms with Crippen LogP contribution in [0.25, 0.3) is 0 Å². The van der Waals surface area contributed by atoms with Gasteiger partial charge in [-0.2, -0.15) is 0 Å². The van der Waals surface area contributed by atoms with Gasteiger partial charge >= 0.3 is 0 Å². The maximum absolute atomic E-state index is 10.0. The fourth-order valence-electron chi connectivity index (χ4n) is 2.88. The molecule has 1 aliphatic carbocycles. The van der Waals surface area contributed by atoms with Gasteiger partial charge < -0.3 is 9.67 Å². The number of aliphatic hydroxyl groups excluding tert-OH is 1. The van der Waals surface area contributed by atoms with Crippen molar-refractivity contribution in [1.82, 2.24) is 4.57 Å². The van der Waals surface area contributed by atoms with Crippen LogP contribution in [0.15, 0.2) is 6.07 Å². The van der Waals surface area contributed by atoms with E-state index in [9.17, 15) is 5.11 Å². The molecule has 0 saturated heterocycles. The second kappa shape index (κ2) is 3.92. The Morgan fingerprint density at radius 2 is 2.19 bits per heavy atom. The summed E-state index contributed by atoms with van der Waals surface area (Å²) in [5, 5.41) is 10.0. The highest BCUT2D eigenvalue weighted by atomic mass is 16.3. The Labute approximate surface area is 98.3 Å². The lowest BCUT2D eigenvalue weighted by Crippen LogP contribution is -2.29. The molecule has 1 heterocycles. The topological polar surface area (TPSA) is 25.2 Å². The smallest absolute Gasteiger partial charge is 0.0807 e. The zero-order valence-electron chi connectivity index (χ0n) is 10.9. The molecular weight excluding hydrogens is 198 g/mol. The van der Waals surface area contributed by atoms with Crippen molar-refractivity contribution in [3.05, 3.63) is 23.0 Å². The van der Waals surface area contributed by atoms with Crippen molar-refractivity contribution >= 4 is 0 Å². The van der Waals surface area contributed by atoms with Gasteiger partial charge in [-0.05, 0) is 52.5 Å². The van der Waals surface area contributed by atoms with Crippen molar-refractivity contribution in [3.8, 4) is 0 Å². The molecule has 1 aliphatic rings. The van der Waals surface area contributed by atoms with Gasteiger partial charge in [-0.15, -0.1) is 0 Å². The van der Waals surface area contributed by atoms with Gasteiger partial charge in [0.2, 0.25) is 0 Å². The molecule has 0 spiro atoms. The first kappa shape index (κ1) is 11.7. The van der Waals surface area contributed by atoms with E-state index in [-0.39, 0.29) is 11.6 Å². The van der Waals surface area contributed by atoms with Crippen LogP contribution >= 0.6 is 0 Å². The normalized spacial score (nSPS) is 20.9. The van der Waals surface area contributed by atoms with Crippen molar-refractivity contribution in [2.24, 2.45) is 0 Å². The Morgan fingerprint density at radius 3 is 2.81 bits per heavy atom. The van der Waals surface area contributed by atoms with Crippen LogP contribution in [0.3, 0.4) is 0 Å². The summed E-state index contributed by atoms with van der Waals surface area (Å²) in [5.74, 6) is 0. The molecule has 0 aromatic carbocycles. The molecule has 1 atom stereocenters. The fourth-order valence-corrected chi connectivity index (χ4v) is 2.88. The van der Waals surface area contributed by atoms with Gasteiger partial charge in [0.05, 0.1) is 6.10 Å². The molecule has 1 N–H and O–H groups in total. The number of aliphatic hydroxyl groups is 1. The minimum atomic E-state index is -0.239. The Kier molecular flexibility index (Phi) is 2.87. The summed E-state index contributed by atoms with van der Waals surface area (Å²) in [7, 11) is 0. The second-order valence-corrected chi connectivity index (χ2v) is 5.60. The van der Waals surface area contributed by atoms with Gasteiger partial charge in [0.25, 0.3) is 0 Å². The quantitative estimate of drug-likeness (QED) is 0.814. The van der Waals surface area contributed by atoms with Crippen LogP contribution in [0.4, 0.5) is 0 Å². The highest BCUT2D eigenvalue weighted by molar-refractivity contribution is 5.33. The Hall–Kier alpha value is -0.760. The first-order valence-electron chi connectivity index (χ1n) is 6.37. The first-order chi connectivity index (χ1) is 7.47. The standard InChI is InChI=1S/C14H23NO/c1-5-14(3,4)15-10(2)9-11-12(15)7-6-8-13(11)16/h9,13,16H,5-8H2,1-4H3. The van der Waals surface area contributed by atoms with E-state index < -0.39 is 0 Å². The van der Waals surface area contributed by atoms with Crippen molar-refractivity contribution in [3.63, 3.8) is 0 Å². The maximum atomic E-state index is 10.0. The van der Waals surface area contributed by atoms with Crippen LogP contribution in [0.5, 0.6) is 0 Å². The third-order valence-electron chi connectivity index (χ3n) is 4.04. The van der Waals surface area contributed by atoms with E-state index in [0.29, 0.717) is 0 Å². The lowest BCUT2D eigenvalue weighted by atomic mass is 9.93. The number of fused-ring (bicyclic) bond motifs is 1. The van der Waals surface area contributed by atoms with Crippen LogP contribution in [-0.4, -0.2) is 9.67 Å². The number of hydrogen-bond donors (Lipinski definition) is 1. The molecule has 1 aromatic heterocycles. The highest BCUT2D eigenvalue weighted by Gasteiger charge is 2.28. The SMILES string of the molecule is CCC(C)(C)n1c(C)cc2c1CCCC2O. The second-order valence-electron chi connectivity index (χ2n) is 5.60. The Bertz CT molecular complexity index is 390. The molecule has 0 bridgehead atoms. The number of aromatic nitrogens is 1. The van der Waals surface area contributed by atoms with Crippen LogP contribution in [-0.2, 0) is 12.0 Å². The molecule has 2 heteroatoms. The maximum Gasteiger partial charge on any atom is 0.0807 e. The summed E-state index contributed by atoms with van der Waals surface area (Å²) >= 11 is 0. The van der Waals surface area contributed by atoms with Gasteiger partial charge in [-0.25, -0.2) is 0 Å². The zero-order valence-corrected chi connectivity index (χ0v) is 10.9. The lowest BCUT2D eigenvalue weighted by molar-refractivity contribution is 0.154. The van der Waals surface area contributed by atoms with E-state index in [0.717, 1.165) is 25.7 Å². The van der Waals surface area contributed by atoms with Crippen molar-refractivity contribution in [2.75, 3.05) is 0 Å². The zero-order chi connectivity index (χ0) is 11.9. The summed E-state index contributed by atoms with van der Waals surface area (Å²) < 4.78 is 2.44. The van der Waals surface area contributed by atoms with E-state index in [1.54, 1.807) is 0 Å². The van der Waals surface area contributed by atoms with Gasteiger partial charge in [0.1, 0.15) is 0 Å². The Balaban J connectivity index is 2.54. The molecule has 0 aliphatic heterocycles. The monoisotopic (exact) mass is 221 g/mol. The van der Waals surface area contributed by atoms with Crippen molar-refractivity contribution < 1.29 is 5.11 Å². The number of hydrogen-bond acceptors (Lipinski definition) is 1. The Morgan fingerprint density at radius 1 is 1.50 bits per heavy atom. The van der Waals surface area contributed by atoms with Crippen molar-refractivity contribution in [2.45, 2.75) is 65.0 Å². The fraction of sp³-hybridized carbons (Fsp3) is 0.714. The molecule has 1 aromatic rings. The van der Waals surface area contributed by atoms with E-state index in [4.69, 9.17) is 0 Å². The molecular formula is C14H23NO. The number of nitrogens with zero attached hydrogens (tertiary/aromatic N) is 1. The molecule has 0 radical (unpaired) electrons. The summed E-state index contributed by atoms with van der Waals surface area (Å²) in [5.41, 5.74) is 3.99. The van der Waals surface area contributed by atoms with E-state index in [2.05, 4.69) is 38.3 Å². The van der Waals surface area contributed by atoms with E-state index >= 15 is 0 Å². The van der Waals surface area contributed by atoms with Gasteiger partial charge in [0.15, 0.2) is 0 Å². The van der Waals surface area contributed by atoms with E-state index in [1.165, 1.54) is 17.0 Å². The van der Waals surface area contributed by atoms with Crippen LogP contribution in [0, 0.1) is 6.92 Å². The number of aryl methyl sites for hydroxylation is 1. The molecule has 2 nitrogen and oxygen atoms in total. The van der Waals surface area contributed by atoms with Crippen LogP contribution in [0.2, 0.25) is 0 Å².